The Labute approximate surface area is 115 Å². The molecule has 0 atom stereocenters. The molecule has 0 spiro atoms. The molecule has 1 aromatic carbocycles. The number of piperidine rings is 1. The molecule has 3 nitrogen and oxygen atoms in total. The number of likely N-dealkylation sites (tertiary alicyclic amines) is 1. The molecule has 1 fully saturated rings. The molecule has 0 saturated carbocycles. The Morgan fingerprint density at radius 1 is 1.16 bits per heavy atom. The van der Waals surface area contributed by atoms with Crippen molar-refractivity contribution in [3.63, 3.8) is 0 Å². The van der Waals surface area contributed by atoms with E-state index in [2.05, 4.69) is 54.0 Å². The third kappa shape index (κ3) is 1.97. The fourth-order valence-electron chi connectivity index (χ4n) is 3.39. The lowest BCUT2D eigenvalue weighted by molar-refractivity contribution is 0.192. The van der Waals surface area contributed by atoms with Gasteiger partial charge in [0.25, 0.3) is 0 Å². The molecule has 2 heterocycles. The van der Waals surface area contributed by atoms with Gasteiger partial charge in [0.2, 0.25) is 0 Å². The van der Waals surface area contributed by atoms with Crippen LogP contribution in [0.15, 0.2) is 30.5 Å². The minimum absolute atomic E-state index is 0.160. The molecule has 0 unspecified atom stereocenters. The number of nitrogens with two attached hydrogens (primary N) is 1. The van der Waals surface area contributed by atoms with Crippen molar-refractivity contribution < 1.29 is 0 Å². The number of hydrogen-bond acceptors (Lipinski definition) is 2. The van der Waals surface area contributed by atoms with Crippen molar-refractivity contribution in [2.75, 3.05) is 26.7 Å². The summed E-state index contributed by atoms with van der Waals surface area (Å²) in [7, 11) is 4.33. The van der Waals surface area contributed by atoms with Crippen molar-refractivity contribution in [1.82, 2.24) is 9.47 Å². The largest absolute Gasteiger partial charge is 0.350 e. The third-order valence-corrected chi connectivity index (χ3v) is 4.80. The first-order valence-electron chi connectivity index (χ1n) is 7.09. The molecule has 1 aliphatic heterocycles. The highest BCUT2D eigenvalue weighted by Gasteiger charge is 2.36. The average Bonchev–Trinajstić information content (AvgIpc) is 2.79. The van der Waals surface area contributed by atoms with Gasteiger partial charge in [-0.25, -0.2) is 0 Å². The van der Waals surface area contributed by atoms with E-state index in [1.807, 2.05) is 0 Å². The van der Waals surface area contributed by atoms with Crippen molar-refractivity contribution >= 4 is 10.9 Å². The molecule has 0 amide bonds. The summed E-state index contributed by atoms with van der Waals surface area (Å²) in [5.74, 6) is 0. The van der Waals surface area contributed by atoms with E-state index in [0.717, 1.165) is 32.5 Å². The monoisotopic (exact) mass is 257 g/mol. The van der Waals surface area contributed by atoms with Gasteiger partial charge in [-0.05, 0) is 44.6 Å². The van der Waals surface area contributed by atoms with Crippen LogP contribution in [0.2, 0.25) is 0 Å². The van der Waals surface area contributed by atoms with Gasteiger partial charge >= 0.3 is 0 Å². The quantitative estimate of drug-likeness (QED) is 0.894. The average molecular weight is 257 g/mol. The zero-order valence-electron chi connectivity index (χ0n) is 11.9. The Kier molecular flexibility index (Phi) is 3.11. The van der Waals surface area contributed by atoms with Gasteiger partial charge < -0.3 is 15.2 Å². The lowest BCUT2D eigenvalue weighted by atomic mass is 9.73. The Morgan fingerprint density at radius 3 is 2.53 bits per heavy atom. The molecule has 0 radical (unpaired) electrons. The van der Waals surface area contributed by atoms with Crippen LogP contribution >= 0.6 is 0 Å². The summed E-state index contributed by atoms with van der Waals surface area (Å²) in [6.45, 7) is 3.02. The van der Waals surface area contributed by atoms with Crippen molar-refractivity contribution in [3.8, 4) is 0 Å². The summed E-state index contributed by atoms with van der Waals surface area (Å²) in [5.41, 5.74) is 9.10. The highest BCUT2D eigenvalue weighted by molar-refractivity contribution is 5.85. The van der Waals surface area contributed by atoms with E-state index in [0.29, 0.717) is 0 Å². The molecule has 2 aromatic rings. The first kappa shape index (κ1) is 12.7. The molecule has 102 valence electrons. The molecule has 3 heteroatoms. The van der Waals surface area contributed by atoms with Crippen LogP contribution in [0.3, 0.4) is 0 Å². The van der Waals surface area contributed by atoms with Crippen LogP contribution in [-0.4, -0.2) is 36.1 Å². The van der Waals surface area contributed by atoms with E-state index in [4.69, 9.17) is 5.73 Å². The van der Waals surface area contributed by atoms with Gasteiger partial charge in [-0.1, -0.05) is 18.2 Å². The van der Waals surface area contributed by atoms with Gasteiger partial charge in [0, 0.05) is 36.1 Å². The number of benzene rings is 1. The van der Waals surface area contributed by atoms with Gasteiger partial charge in [0.1, 0.15) is 0 Å². The van der Waals surface area contributed by atoms with Gasteiger partial charge in [0.15, 0.2) is 0 Å². The van der Waals surface area contributed by atoms with Gasteiger partial charge in [-0.15, -0.1) is 0 Å². The topological polar surface area (TPSA) is 34.2 Å². The lowest BCUT2D eigenvalue weighted by Crippen LogP contribution is -2.45. The van der Waals surface area contributed by atoms with E-state index in [9.17, 15) is 0 Å². The standard InChI is InChI=1S/C16H23N3/c1-18-9-7-16(12-17,8-10-18)14-11-19(2)15-6-4-3-5-13(14)15/h3-6,11H,7-10,12,17H2,1-2H3. The van der Waals surface area contributed by atoms with Crippen LogP contribution in [0, 0.1) is 0 Å². The predicted molar refractivity (Wildman–Crippen MR) is 80.4 cm³/mol. The van der Waals surface area contributed by atoms with Crippen molar-refractivity contribution in [2.24, 2.45) is 12.8 Å². The van der Waals surface area contributed by atoms with Crippen molar-refractivity contribution in [1.29, 1.82) is 0 Å². The number of hydrogen-bond donors (Lipinski definition) is 1. The number of aromatic nitrogens is 1. The maximum absolute atomic E-state index is 6.19. The summed E-state index contributed by atoms with van der Waals surface area (Å²) < 4.78 is 2.24. The summed E-state index contributed by atoms with van der Waals surface area (Å²) >= 11 is 0. The van der Waals surface area contributed by atoms with E-state index < -0.39 is 0 Å². The van der Waals surface area contributed by atoms with Gasteiger partial charge in [-0.3, -0.25) is 0 Å². The Bertz CT molecular complexity index is 577. The Balaban J connectivity index is 2.11. The first-order valence-corrected chi connectivity index (χ1v) is 7.09. The number of rotatable bonds is 2. The van der Waals surface area contributed by atoms with Crippen LogP contribution in [-0.2, 0) is 12.5 Å². The summed E-state index contributed by atoms with van der Waals surface area (Å²) in [6.07, 6.45) is 4.62. The summed E-state index contributed by atoms with van der Waals surface area (Å²) in [6, 6.07) is 8.67. The van der Waals surface area contributed by atoms with Gasteiger partial charge in [0.05, 0.1) is 0 Å². The lowest BCUT2D eigenvalue weighted by Gasteiger charge is -2.40. The molecule has 0 bridgehead atoms. The predicted octanol–water partition coefficient (Wildman–Crippen LogP) is 2.10. The van der Waals surface area contributed by atoms with Crippen LogP contribution in [0.5, 0.6) is 0 Å². The smallest absolute Gasteiger partial charge is 0.0480 e. The molecule has 1 aliphatic rings. The van der Waals surface area contributed by atoms with Gasteiger partial charge in [-0.2, -0.15) is 0 Å². The molecule has 1 saturated heterocycles. The van der Waals surface area contributed by atoms with E-state index in [1.54, 1.807) is 0 Å². The summed E-state index contributed by atoms with van der Waals surface area (Å²) in [4.78, 5) is 2.40. The number of nitrogens with zero attached hydrogens (tertiary/aromatic N) is 2. The molecular formula is C16H23N3. The molecule has 3 rings (SSSR count). The number of para-hydroxylation sites is 1. The molecule has 19 heavy (non-hydrogen) atoms. The maximum Gasteiger partial charge on any atom is 0.0480 e. The Hall–Kier alpha value is -1.32. The van der Waals surface area contributed by atoms with Crippen LogP contribution in [0.1, 0.15) is 18.4 Å². The highest BCUT2D eigenvalue weighted by Crippen LogP contribution is 2.38. The normalized spacial score (nSPS) is 19.9. The fraction of sp³-hybridized carbons (Fsp3) is 0.500. The van der Waals surface area contributed by atoms with Crippen molar-refractivity contribution in [3.05, 3.63) is 36.0 Å². The second kappa shape index (κ2) is 4.66. The van der Waals surface area contributed by atoms with E-state index >= 15 is 0 Å². The van der Waals surface area contributed by atoms with Crippen LogP contribution in [0.4, 0.5) is 0 Å². The van der Waals surface area contributed by atoms with Crippen LogP contribution < -0.4 is 5.73 Å². The fourth-order valence-corrected chi connectivity index (χ4v) is 3.39. The van der Waals surface area contributed by atoms with E-state index in [-0.39, 0.29) is 5.41 Å². The first-order chi connectivity index (χ1) is 9.16. The second-order valence-electron chi connectivity index (χ2n) is 5.96. The second-order valence-corrected chi connectivity index (χ2v) is 5.96. The molecular weight excluding hydrogens is 234 g/mol. The minimum atomic E-state index is 0.160. The SMILES string of the molecule is CN1CCC(CN)(c2cn(C)c3ccccc23)CC1. The zero-order chi connectivity index (χ0) is 13.5. The third-order valence-electron chi connectivity index (χ3n) is 4.80. The van der Waals surface area contributed by atoms with Crippen molar-refractivity contribution in [2.45, 2.75) is 18.3 Å². The van der Waals surface area contributed by atoms with Crippen LogP contribution in [0.25, 0.3) is 10.9 Å². The number of aryl methyl sites for hydroxylation is 1. The highest BCUT2D eigenvalue weighted by atomic mass is 15.1. The van der Waals surface area contributed by atoms with E-state index in [1.165, 1.54) is 16.5 Å². The number of fused-ring (bicyclic) bond motifs is 1. The maximum atomic E-state index is 6.19. The zero-order valence-corrected chi connectivity index (χ0v) is 11.9. The minimum Gasteiger partial charge on any atom is -0.350 e. The molecule has 0 aliphatic carbocycles. The molecule has 1 aromatic heterocycles. The Morgan fingerprint density at radius 2 is 1.84 bits per heavy atom. The molecule has 2 N–H and O–H groups in total. The summed E-state index contributed by atoms with van der Waals surface area (Å²) in [5, 5.41) is 1.38.